The number of thioether (sulfide) groups is 1. The molecule has 2 rings (SSSR count). The molecule has 0 saturated heterocycles. The molecule has 0 aliphatic heterocycles. The second kappa shape index (κ2) is 6.00. The first-order valence-electron chi connectivity index (χ1n) is 7.00. The highest BCUT2D eigenvalue weighted by Gasteiger charge is 2.26. The van der Waals surface area contributed by atoms with Crippen molar-refractivity contribution in [1.29, 1.82) is 0 Å². The molecule has 1 saturated carbocycles. The van der Waals surface area contributed by atoms with E-state index in [2.05, 4.69) is 24.7 Å². The molecule has 0 atom stereocenters. The fourth-order valence-corrected chi connectivity index (χ4v) is 3.31. The molecular formula is C14H25N3S. The monoisotopic (exact) mass is 267 g/mol. The molecule has 1 aromatic rings. The lowest BCUT2D eigenvalue weighted by molar-refractivity contribution is 0.534. The predicted molar refractivity (Wildman–Crippen MR) is 80.3 cm³/mol. The number of nitrogen functional groups attached to an aromatic ring is 1. The standard InChI is InChI=1S/C14H25N3S/c1-10(2)17-13(15)12(8-9-18-3)16-14(17)11-6-4-5-7-11/h10-11H,4-9,15H2,1-3H3. The maximum atomic E-state index is 6.30. The van der Waals surface area contributed by atoms with Crippen molar-refractivity contribution >= 4 is 17.6 Å². The summed E-state index contributed by atoms with van der Waals surface area (Å²) in [5.74, 6) is 3.89. The van der Waals surface area contributed by atoms with Crippen LogP contribution in [0, 0.1) is 0 Å². The van der Waals surface area contributed by atoms with Crippen LogP contribution in [0.1, 0.15) is 63.0 Å². The van der Waals surface area contributed by atoms with Crippen LogP contribution in [0.15, 0.2) is 0 Å². The lowest BCUT2D eigenvalue weighted by Gasteiger charge is -2.17. The fraction of sp³-hybridized carbons (Fsp3) is 0.786. The normalized spacial score (nSPS) is 16.9. The number of aromatic nitrogens is 2. The third-order valence-corrected chi connectivity index (χ3v) is 4.44. The summed E-state index contributed by atoms with van der Waals surface area (Å²) < 4.78 is 2.27. The van der Waals surface area contributed by atoms with Crippen LogP contribution in [0.25, 0.3) is 0 Å². The Kier molecular flexibility index (Phi) is 4.60. The molecule has 18 heavy (non-hydrogen) atoms. The Morgan fingerprint density at radius 3 is 2.61 bits per heavy atom. The van der Waals surface area contributed by atoms with Crippen LogP contribution in [-0.2, 0) is 6.42 Å². The molecule has 2 N–H and O–H groups in total. The van der Waals surface area contributed by atoms with E-state index in [1.165, 1.54) is 31.5 Å². The summed E-state index contributed by atoms with van der Waals surface area (Å²) in [6.07, 6.45) is 8.38. The van der Waals surface area contributed by atoms with E-state index in [0.29, 0.717) is 12.0 Å². The van der Waals surface area contributed by atoms with Crippen LogP contribution in [0.4, 0.5) is 5.82 Å². The number of anilines is 1. The van der Waals surface area contributed by atoms with Gasteiger partial charge >= 0.3 is 0 Å². The topological polar surface area (TPSA) is 43.8 Å². The molecule has 1 aromatic heterocycles. The van der Waals surface area contributed by atoms with Crippen LogP contribution in [0.5, 0.6) is 0 Å². The van der Waals surface area contributed by atoms with E-state index >= 15 is 0 Å². The van der Waals surface area contributed by atoms with E-state index in [9.17, 15) is 0 Å². The Hall–Kier alpha value is -0.640. The molecule has 0 unspecified atom stereocenters. The van der Waals surface area contributed by atoms with Gasteiger partial charge in [-0.15, -0.1) is 0 Å². The molecule has 102 valence electrons. The maximum Gasteiger partial charge on any atom is 0.127 e. The van der Waals surface area contributed by atoms with Gasteiger partial charge in [0.1, 0.15) is 11.6 Å². The first-order chi connectivity index (χ1) is 8.65. The van der Waals surface area contributed by atoms with Crippen molar-refractivity contribution < 1.29 is 0 Å². The molecule has 0 aromatic carbocycles. The van der Waals surface area contributed by atoms with E-state index in [1.807, 2.05) is 11.8 Å². The van der Waals surface area contributed by atoms with Gasteiger partial charge < -0.3 is 10.3 Å². The minimum absolute atomic E-state index is 0.413. The number of hydrogen-bond donors (Lipinski definition) is 1. The number of nitrogens with zero attached hydrogens (tertiary/aromatic N) is 2. The maximum absolute atomic E-state index is 6.30. The van der Waals surface area contributed by atoms with Crippen LogP contribution < -0.4 is 5.73 Å². The zero-order valence-corrected chi connectivity index (χ0v) is 12.6. The summed E-state index contributed by atoms with van der Waals surface area (Å²) in [5, 5.41) is 0. The summed E-state index contributed by atoms with van der Waals surface area (Å²) in [5.41, 5.74) is 7.42. The average Bonchev–Trinajstić information content (AvgIpc) is 2.93. The highest BCUT2D eigenvalue weighted by molar-refractivity contribution is 7.98. The Morgan fingerprint density at radius 2 is 2.06 bits per heavy atom. The molecule has 0 radical (unpaired) electrons. The number of aryl methyl sites for hydroxylation is 1. The minimum atomic E-state index is 0.413. The molecule has 1 aliphatic rings. The van der Waals surface area contributed by atoms with Gasteiger partial charge in [-0.05, 0) is 38.7 Å². The van der Waals surface area contributed by atoms with Gasteiger partial charge in [-0.25, -0.2) is 4.98 Å². The van der Waals surface area contributed by atoms with E-state index in [0.717, 1.165) is 23.7 Å². The zero-order chi connectivity index (χ0) is 13.1. The van der Waals surface area contributed by atoms with Gasteiger partial charge in [0.05, 0.1) is 5.69 Å². The summed E-state index contributed by atoms with van der Waals surface area (Å²) in [6.45, 7) is 4.41. The van der Waals surface area contributed by atoms with Crippen LogP contribution >= 0.6 is 11.8 Å². The van der Waals surface area contributed by atoms with Crippen molar-refractivity contribution in [3.05, 3.63) is 11.5 Å². The number of nitrogens with two attached hydrogens (primary N) is 1. The van der Waals surface area contributed by atoms with E-state index in [4.69, 9.17) is 10.7 Å². The van der Waals surface area contributed by atoms with Crippen LogP contribution in [-0.4, -0.2) is 21.6 Å². The second-order valence-electron chi connectivity index (χ2n) is 5.49. The quantitative estimate of drug-likeness (QED) is 0.886. The zero-order valence-electron chi connectivity index (χ0n) is 11.8. The van der Waals surface area contributed by atoms with Gasteiger partial charge in [-0.1, -0.05) is 12.8 Å². The number of hydrogen-bond acceptors (Lipinski definition) is 3. The number of rotatable bonds is 5. The first kappa shape index (κ1) is 13.8. The van der Waals surface area contributed by atoms with E-state index in [-0.39, 0.29) is 0 Å². The van der Waals surface area contributed by atoms with Gasteiger partial charge in [0.2, 0.25) is 0 Å². The molecule has 1 fully saturated rings. The largest absolute Gasteiger partial charge is 0.384 e. The van der Waals surface area contributed by atoms with Crippen molar-refractivity contribution in [1.82, 2.24) is 9.55 Å². The number of imidazole rings is 1. The van der Waals surface area contributed by atoms with E-state index in [1.54, 1.807) is 0 Å². The lowest BCUT2D eigenvalue weighted by atomic mass is 10.1. The van der Waals surface area contributed by atoms with Crippen LogP contribution in [0.2, 0.25) is 0 Å². The average molecular weight is 267 g/mol. The minimum Gasteiger partial charge on any atom is -0.384 e. The molecule has 1 heterocycles. The van der Waals surface area contributed by atoms with Gasteiger partial charge in [0, 0.05) is 18.4 Å². The Bertz CT molecular complexity index is 392. The Morgan fingerprint density at radius 1 is 1.39 bits per heavy atom. The Labute approximate surface area is 115 Å². The highest BCUT2D eigenvalue weighted by atomic mass is 32.2. The first-order valence-corrected chi connectivity index (χ1v) is 8.40. The van der Waals surface area contributed by atoms with Gasteiger partial charge in [-0.3, -0.25) is 0 Å². The fourth-order valence-electron chi connectivity index (χ4n) is 2.91. The van der Waals surface area contributed by atoms with Gasteiger partial charge in [-0.2, -0.15) is 11.8 Å². The lowest BCUT2D eigenvalue weighted by Crippen LogP contribution is -2.12. The Balaban J connectivity index is 2.31. The molecular weight excluding hydrogens is 242 g/mol. The molecule has 1 aliphatic carbocycles. The summed E-state index contributed by atoms with van der Waals surface area (Å²) >= 11 is 1.86. The molecule has 0 amide bonds. The summed E-state index contributed by atoms with van der Waals surface area (Å²) in [7, 11) is 0. The van der Waals surface area contributed by atoms with Crippen molar-refractivity contribution in [2.45, 2.75) is 57.9 Å². The molecule has 0 spiro atoms. The molecule has 0 bridgehead atoms. The van der Waals surface area contributed by atoms with Crippen molar-refractivity contribution in [3.8, 4) is 0 Å². The predicted octanol–water partition coefficient (Wildman–Crippen LogP) is 3.61. The van der Waals surface area contributed by atoms with Gasteiger partial charge in [0.25, 0.3) is 0 Å². The third kappa shape index (κ3) is 2.68. The van der Waals surface area contributed by atoms with Crippen molar-refractivity contribution in [2.24, 2.45) is 0 Å². The van der Waals surface area contributed by atoms with Crippen molar-refractivity contribution in [2.75, 3.05) is 17.7 Å². The highest BCUT2D eigenvalue weighted by Crippen LogP contribution is 2.36. The summed E-state index contributed by atoms with van der Waals surface area (Å²) in [6, 6.07) is 0.413. The smallest absolute Gasteiger partial charge is 0.127 e. The SMILES string of the molecule is CSCCc1nc(C2CCCC2)n(C(C)C)c1N. The molecule has 4 heteroatoms. The van der Waals surface area contributed by atoms with Gasteiger partial charge in [0.15, 0.2) is 0 Å². The molecule has 3 nitrogen and oxygen atoms in total. The third-order valence-electron chi connectivity index (χ3n) is 3.83. The summed E-state index contributed by atoms with van der Waals surface area (Å²) in [4.78, 5) is 4.88. The second-order valence-corrected chi connectivity index (χ2v) is 6.48. The van der Waals surface area contributed by atoms with E-state index < -0.39 is 0 Å². The van der Waals surface area contributed by atoms with Crippen molar-refractivity contribution in [3.63, 3.8) is 0 Å². The van der Waals surface area contributed by atoms with Crippen LogP contribution in [0.3, 0.4) is 0 Å².